The van der Waals surface area contributed by atoms with Gasteiger partial charge in [0.05, 0.1) is 29.6 Å². The van der Waals surface area contributed by atoms with E-state index in [1.165, 1.54) is 0 Å². The molecule has 104 valence electrons. The van der Waals surface area contributed by atoms with E-state index >= 15 is 0 Å². The van der Waals surface area contributed by atoms with Crippen molar-refractivity contribution in [2.24, 2.45) is 0 Å². The van der Waals surface area contributed by atoms with Crippen molar-refractivity contribution >= 4 is 22.5 Å². The molecule has 7 nitrogen and oxygen atoms in total. The Kier molecular flexibility index (Phi) is 4.08. The molecule has 0 radical (unpaired) electrons. The van der Waals surface area contributed by atoms with Gasteiger partial charge in [0.15, 0.2) is 5.58 Å². The fourth-order valence-corrected chi connectivity index (χ4v) is 1.79. The number of nitrogens with two attached hydrogens (primary N) is 1. The van der Waals surface area contributed by atoms with E-state index in [1.54, 1.807) is 26.4 Å². The minimum Gasteiger partial charge on any atom is -0.408 e. The van der Waals surface area contributed by atoms with Gasteiger partial charge in [-0.25, -0.2) is 4.79 Å². The highest BCUT2D eigenvalue weighted by molar-refractivity contribution is 5.85. The van der Waals surface area contributed by atoms with Crippen LogP contribution in [0.3, 0.4) is 0 Å². The highest BCUT2D eigenvalue weighted by Gasteiger charge is 2.10. The van der Waals surface area contributed by atoms with E-state index < -0.39 is 5.76 Å². The molecule has 1 heterocycles. The molecule has 0 aliphatic rings. The van der Waals surface area contributed by atoms with E-state index in [2.05, 4.69) is 10.3 Å². The predicted molar refractivity (Wildman–Crippen MR) is 72.4 cm³/mol. The van der Waals surface area contributed by atoms with E-state index in [9.17, 15) is 4.79 Å². The minimum absolute atomic E-state index is 0.0801. The second-order valence-electron chi connectivity index (χ2n) is 4.14. The predicted octanol–water partition coefficient (Wildman–Crippen LogP) is 0.777. The van der Waals surface area contributed by atoms with Crippen LogP contribution < -0.4 is 16.8 Å². The van der Waals surface area contributed by atoms with Gasteiger partial charge in [-0.3, -0.25) is 4.98 Å². The van der Waals surface area contributed by atoms with Crippen LogP contribution in [0.15, 0.2) is 21.3 Å². The number of methoxy groups -OCH3 is 2. The lowest BCUT2D eigenvalue weighted by molar-refractivity contribution is 0.0366. The number of ether oxygens (including phenoxy) is 2. The minimum atomic E-state index is -0.499. The first-order valence-corrected chi connectivity index (χ1v) is 5.82. The van der Waals surface area contributed by atoms with Crippen LogP contribution in [-0.4, -0.2) is 38.5 Å². The van der Waals surface area contributed by atoms with Gasteiger partial charge in [0, 0.05) is 26.8 Å². The molecule has 2 rings (SSSR count). The summed E-state index contributed by atoms with van der Waals surface area (Å²) in [7, 11) is 3.23. The standard InChI is InChI=1S/C12H17N3O4/c1-17-6-7(18-2)5-14-9-4-10-11(3-8(9)13)19-12(16)15-10/h3-4,7,14H,5-6,13H2,1-2H3,(H,15,16). The van der Waals surface area contributed by atoms with Gasteiger partial charge in [0.25, 0.3) is 0 Å². The summed E-state index contributed by atoms with van der Waals surface area (Å²) in [6.07, 6.45) is -0.0801. The number of hydrogen-bond acceptors (Lipinski definition) is 6. The molecule has 0 fully saturated rings. The van der Waals surface area contributed by atoms with E-state index in [-0.39, 0.29) is 6.10 Å². The molecular weight excluding hydrogens is 250 g/mol. The third kappa shape index (κ3) is 3.07. The molecule has 1 aromatic carbocycles. The van der Waals surface area contributed by atoms with Crippen LogP contribution in [0.2, 0.25) is 0 Å². The smallest absolute Gasteiger partial charge is 0.408 e. The molecule has 0 saturated carbocycles. The maximum absolute atomic E-state index is 11.1. The summed E-state index contributed by atoms with van der Waals surface area (Å²) in [6, 6.07) is 3.34. The van der Waals surface area contributed by atoms with Crippen molar-refractivity contribution in [2.45, 2.75) is 6.10 Å². The summed E-state index contributed by atoms with van der Waals surface area (Å²) in [6.45, 7) is 1.02. The van der Waals surface area contributed by atoms with E-state index in [0.717, 1.165) is 0 Å². The normalized spacial score (nSPS) is 12.7. The Balaban J connectivity index is 2.15. The third-order valence-corrected chi connectivity index (χ3v) is 2.80. The van der Waals surface area contributed by atoms with Crippen LogP contribution in [0.25, 0.3) is 11.1 Å². The lowest BCUT2D eigenvalue weighted by atomic mass is 10.2. The molecule has 19 heavy (non-hydrogen) atoms. The summed E-state index contributed by atoms with van der Waals surface area (Å²) < 4.78 is 15.2. The van der Waals surface area contributed by atoms with Gasteiger partial charge in [-0.1, -0.05) is 0 Å². The highest BCUT2D eigenvalue weighted by Crippen LogP contribution is 2.24. The SMILES string of the molecule is COCC(CNc1cc2[nH]c(=O)oc2cc1N)OC. The molecule has 0 aliphatic carbocycles. The number of oxazole rings is 1. The number of nitrogens with one attached hydrogen (secondary N) is 2. The quantitative estimate of drug-likeness (QED) is 0.668. The average molecular weight is 267 g/mol. The van der Waals surface area contributed by atoms with E-state index in [4.69, 9.17) is 19.6 Å². The van der Waals surface area contributed by atoms with Crippen molar-refractivity contribution in [1.82, 2.24) is 4.98 Å². The molecule has 0 saturated heterocycles. The van der Waals surface area contributed by atoms with Crippen LogP contribution in [0.1, 0.15) is 0 Å². The zero-order chi connectivity index (χ0) is 13.8. The van der Waals surface area contributed by atoms with E-state index in [0.29, 0.717) is 35.6 Å². The van der Waals surface area contributed by atoms with Gasteiger partial charge in [0.2, 0.25) is 0 Å². The fraction of sp³-hybridized carbons (Fsp3) is 0.417. The summed E-state index contributed by atoms with van der Waals surface area (Å²) in [4.78, 5) is 13.7. The maximum Gasteiger partial charge on any atom is 0.417 e. The summed E-state index contributed by atoms with van der Waals surface area (Å²) in [5, 5.41) is 3.16. The van der Waals surface area contributed by atoms with Gasteiger partial charge in [-0.05, 0) is 6.07 Å². The molecule has 1 aromatic heterocycles. The average Bonchev–Trinajstić information content (AvgIpc) is 2.73. The highest BCUT2D eigenvalue weighted by atomic mass is 16.5. The van der Waals surface area contributed by atoms with Gasteiger partial charge in [0.1, 0.15) is 0 Å². The van der Waals surface area contributed by atoms with Crippen LogP contribution in [0.4, 0.5) is 11.4 Å². The number of benzene rings is 1. The topological polar surface area (TPSA) is 103 Å². The monoisotopic (exact) mass is 267 g/mol. The second-order valence-corrected chi connectivity index (χ2v) is 4.14. The molecule has 0 aliphatic heterocycles. The van der Waals surface area contributed by atoms with Crippen molar-refractivity contribution < 1.29 is 13.9 Å². The molecule has 0 bridgehead atoms. The number of hydrogen-bond donors (Lipinski definition) is 3. The van der Waals surface area contributed by atoms with Crippen molar-refractivity contribution in [2.75, 3.05) is 38.4 Å². The zero-order valence-electron chi connectivity index (χ0n) is 10.9. The molecule has 4 N–H and O–H groups in total. The number of anilines is 2. The second kappa shape index (κ2) is 5.77. The fourth-order valence-electron chi connectivity index (χ4n) is 1.79. The summed E-state index contributed by atoms with van der Waals surface area (Å²) >= 11 is 0. The lowest BCUT2D eigenvalue weighted by Gasteiger charge is -2.16. The van der Waals surface area contributed by atoms with Crippen molar-refractivity contribution in [3.05, 3.63) is 22.7 Å². The molecule has 0 spiro atoms. The molecule has 1 unspecified atom stereocenters. The number of fused-ring (bicyclic) bond motifs is 1. The maximum atomic E-state index is 11.1. The van der Waals surface area contributed by atoms with Gasteiger partial charge in [-0.2, -0.15) is 0 Å². The molecular formula is C12H17N3O4. The molecule has 1 atom stereocenters. The van der Waals surface area contributed by atoms with Crippen LogP contribution in [0, 0.1) is 0 Å². The Morgan fingerprint density at radius 2 is 2.26 bits per heavy atom. The first kappa shape index (κ1) is 13.4. The summed E-state index contributed by atoms with van der Waals surface area (Å²) in [5.74, 6) is -0.499. The first-order valence-electron chi connectivity index (χ1n) is 5.82. The Morgan fingerprint density at radius 1 is 1.47 bits per heavy atom. The van der Waals surface area contributed by atoms with Crippen molar-refractivity contribution in [1.29, 1.82) is 0 Å². The van der Waals surface area contributed by atoms with Gasteiger partial charge >= 0.3 is 5.76 Å². The van der Waals surface area contributed by atoms with E-state index in [1.807, 2.05) is 0 Å². The summed E-state index contributed by atoms with van der Waals surface area (Å²) in [5.41, 5.74) is 8.14. The van der Waals surface area contributed by atoms with Crippen LogP contribution in [0.5, 0.6) is 0 Å². The first-order chi connectivity index (χ1) is 9.13. The number of H-pyrrole nitrogens is 1. The number of nitrogen functional groups attached to an aromatic ring is 1. The largest absolute Gasteiger partial charge is 0.417 e. The molecule has 2 aromatic rings. The number of aromatic nitrogens is 1. The number of aromatic amines is 1. The van der Waals surface area contributed by atoms with Gasteiger partial charge in [-0.15, -0.1) is 0 Å². The van der Waals surface area contributed by atoms with Crippen LogP contribution >= 0.6 is 0 Å². The van der Waals surface area contributed by atoms with Crippen LogP contribution in [-0.2, 0) is 9.47 Å². The third-order valence-electron chi connectivity index (χ3n) is 2.80. The lowest BCUT2D eigenvalue weighted by Crippen LogP contribution is -2.26. The molecule has 7 heteroatoms. The van der Waals surface area contributed by atoms with Crippen molar-refractivity contribution in [3.63, 3.8) is 0 Å². The Labute approximate surface area is 109 Å². The number of rotatable bonds is 6. The zero-order valence-corrected chi connectivity index (χ0v) is 10.9. The Morgan fingerprint density at radius 3 is 2.95 bits per heavy atom. The molecule has 0 amide bonds. The Bertz CT molecular complexity index is 605. The van der Waals surface area contributed by atoms with Crippen molar-refractivity contribution in [3.8, 4) is 0 Å². The Hall–Kier alpha value is -1.99. The van der Waals surface area contributed by atoms with Gasteiger partial charge < -0.3 is 24.9 Å².